The summed E-state index contributed by atoms with van der Waals surface area (Å²) in [6.45, 7) is 11.0. The molecule has 1 aliphatic rings. The second-order valence-corrected chi connectivity index (χ2v) is 7.14. The highest BCUT2D eigenvalue weighted by Crippen LogP contribution is 2.43. The second-order valence-electron chi connectivity index (χ2n) is 7.14. The number of unbranched alkanes of at least 4 members (excludes halogenated alkanes) is 4. The van der Waals surface area contributed by atoms with Gasteiger partial charge in [0.1, 0.15) is 0 Å². The van der Waals surface area contributed by atoms with Gasteiger partial charge in [0.25, 0.3) is 0 Å². The lowest BCUT2D eigenvalue weighted by molar-refractivity contribution is -0.0768. The topological polar surface area (TPSA) is 35.2 Å². The van der Waals surface area contributed by atoms with Crippen molar-refractivity contribution in [2.75, 3.05) is 0 Å². The average molecular weight is 255 g/mol. The summed E-state index contributed by atoms with van der Waals surface area (Å²) >= 11 is 0. The molecule has 2 heteroatoms. The zero-order valence-electron chi connectivity index (χ0n) is 13.1. The van der Waals surface area contributed by atoms with Gasteiger partial charge < -0.3 is 10.5 Å². The average Bonchev–Trinajstić information content (AvgIpc) is 2.46. The maximum absolute atomic E-state index is 6.41. The fourth-order valence-electron chi connectivity index (χ4n) is 3.46. The number of ether oxygens (including phenoxy) is 1. The molecule has 2 unspecified atom stereocenters. The third-order valence-corrected chi connectivity index (χ3v) is 4.30. The lowest BCUT2D eigenvalue weighted by Crippen LogP contribution is -2.41. The van der Waals surface area contributed by atoms with Gasteiger partial charge in [-0.2, -0.15) is 0 Å². The minimum Gasteiger partial charge on any atom is -0.369 e. The molecule has 1 aliphatic heterocycles. The predicted molar refractivity (Wildman–Crippen MR) is 78.7 cm³/mol. The molecular formula is C16H33NO. The van der Waals surface area contributed by atoms with E-state index in [1.54, 1.807) is 0 Å². The van der Waals surface area contributed by atoms with E-state index in [0.717, 1.165) is 12.8 Å². The van der Waals surface area contributed by atoms with E-state index in [1.807, 2.05) is 0 Å². The highest BCUT2D eigenvalue weighted by atomic mass is 16.5. The van der Waals surface area contributed by atoms with E-state index in [4.69, 9.17) is 10.5 Å². The van der Waals surface area contributed by atoms with Crippen LogP contribution in [-0.4, -0.2) is 17.2 Å². The Bertz CT molecular complexity index is 247. The minimum atomic E-state index is -0.0632. The Labute approximate surface area is 114 Å². The van der Waals surface area contributed by atoms with Crippen molar-refractivity contribution in [3.63, 3.8) is 0 Å². The van der Waals surface area contributed by atoms with Crippen molar-refractivity contribution >= 4 is 0 Å². The predicted octanol–water partition coefficient (Wildman–Crippen LogP) is 4.27. The SMILES string of the molecule is CCCCCCCC(N)C1CC(C)(C)OC1(C)C. The monoisotopic (exact) mass is 255 g/mol. The summed E-state index contributed by atoms with van der Waals surface area (Å²) in [5.74, 6) is 0.499. The molecule has 1 saturated heterocycles. The van der Waals surface area contributed by atoms with Gasteiger partial charge in [-0.05, 0) is 40.5 Å². The van der Waals surface area contributed by atoms with Crippen LogP contribution in [0.2, 0.25) is 0 Å². The highest BCUT2D eigenvalue weighted by molar-refractivity contribution is 4.98. The Morgan fingerprint density at radius 1 is 1.11 bits per heavy atom. The van der Waals surface area contributed by atoms with Crippen molar-refractivity contribution < 1.29 is 4.74 Å². The van der Waals surface area contributed by atoms with Gasteiger partial charge in [0.05, 0.1) is 11.2 Å². The van der Waals surface area contributed by atoms with Crippen LogP contribution in [0.3, 0.4) is 0 Å². The van der Waals surface area contributed by atoms with Crippen LogP contribution in [0, 0.1) is 5.92 Å². The van der Waals surface area contributed by atoms with E-state index in [1.165, 1.54) is 32.1 Å². The van der Waals surface area contributed by atoms with Crippen molar-refractivity contribution in [1.82, 2.24) is 0 Å². The minimum absolute atomic E-state index is 0.00596. The Balaban J connectivity index is 2.35. The first-order chi connectivity index (χ1) is 8.28. The van der Waals surface area contributed by atoms with Crippen molar-refractivity contribution in [3.8, 4) is 0 Å². The van der Waals surface area contributed by atoms with Crippen LogP contribution in [0.25, 0.3) is 0 Å². The van der Waals surface area contributed by atoms with E-state index < -0.39 is 0 Å². The van der Waals surface area contributed by atoms with Crippen molar-refractivity contribution in [3.05, 3.63) is 0 Å². The first-order valence-corrected chi connectivity index (χ1v) is 7.74. The first kappa shape index (κ1) is 16.0. The van der Waals surface area contributed by atoms with Crippen LogP contribution >= 0.6 is 0 Å². The summed E-state index contributed by atoms with van der Waals surface area (Å²) in [7, 11) is 0. The molecule has 2 N–H and O–H groups in total. The lowest BCUT2D eigenvalue weighted by atomic mass is 9.80. The Hall–Kier alpha value is -0.0800. The lowest BCUT2D eigenvalue weighted by Gasteiger charge is -2.31. The van der Waals surface area contributed by atoms with E-state index in [0.29, 0.717) is 12.0 Å². The van der Waals surface area contributed by atoms with Gasteiger partial charge in [0, 0.05) is 12.0 Å². The molecule has 0 bridgehead atoms. The summed E-state index contributed by atoms with van der Waals surface area (Å²) < 4.78 is 6.13. The zero-order chi connectivity index (χ0) is 13.8. The van der Waals surface area contributed by atoms with Crippen LogP contribution in [-0.2, 0) is 4.74 Å². The first-order valence-electron chi connectivity index (χ1n) is 7.74. The molecule has 0 aromatic carbocycles. The summed E-state index contributed by atoms with van der Waals surface area (Å²) in [6, 6.07) is 0.295. The Kier molecular flexibility index (Phi) is 5.67. The molecule has 0 spiro atoms. The van der Waals surface area contributed by atoms with Gasteiger partial charge >= 0.3 is 0 Å². The molecule has 0 radical (unpaired) electrons. The number of rotatable bonds is 7. The van der Waals surface area contributed by atoms with Crippen LogP contribution in [0.4, 0.5) is 0 Å². The van der Waals surface area contributed by atoms with Gasteiger partial charge in [-0.25, -0.2) is 0 Å². The molecule has 1 rings (SSSR count). The summed E-state index contributed by atoms with van der Waals surface area (Å²) in [5, 5.41) is 0. The molecule has 1 fully saturated rings. The molecule has 18 heavy (non-hydrogen) atoms. The molecule has 2 atom stereocenters. The fourth-order valence-corrected chi connectivity index (χ4v) is 3.46. The van der Waals surface area contributed by atoms with Gasteiger partial charge in [-0.15, -0.1) is 0 Å². The van der Waals surface area contributed by atoms with Gasteiger partial charge in [0.2, 0.25) is 0 Å². The molecule has 0 aliphatic carbocycles. The molecule has 108 valence electrons. The van der Waals surface area contributed by atoms with Gasteiger partial charge in [-0.1, -0.05) is 39.0 Å². The standard InChI is InChI=1S/C16H33NO/c1-6-7-8-9-10-11-14(17)13-12-15(2,3)18-16(13,4)5/h13-14H,6-12,17H2,1-5H3. The molecule has 1 heterocycles. The zero-order valence-corrected chi connectivity index (χ0v) is 13.1. The van der Waals surface area contributed by atoms with E-state index in [2.05, 4.69) is 34.6 Å². The molecule has 0 aromatic rings. The van der Waals surface area contributed by atoms with Gasteiger partial charge in [-0.3, -0.25) is 0 Å². The summed E-state index contributed by atoms with van der Waals surface area (Å²) in [5.41, 5.74) is 6.34. The molecular weight excluding hydrogens is 222 g/mol. The van der Waals surface area contributed by atoms with Gasteiger partial charge in [0.15, 0.2) is 0 Å². The second kappa shape index (κ2) is 6.38. The molecule has 0 aromatic heterocycles. The van der Waals surface area contributed by atoms with Crippen molar-refractivity contribution in [2.45, 2.75) is 96.8 Å². The summed E-state index contributed by atoms with van der Waals surface area (Å²) in [4.78, 5) is 0. The normalized spacial score (nSPS) is 27.3. The number of hydrogen-bond acceptors (Lipinski definition) is 2. The van der Waals surface area contributed by atoms with Crippen LogP contribution in [0.5, 0.6) is 0 Å². The summed E-state index contributed by atoms with van der Waals surface area (Å²) in [6.07, 6.45) is 8.88. The maximum atomic E-state index is 6.41. The van der Waals surface area contributed by atoms with Crippen LogP contribution in [0.1, 0.15) is 79.6 Å². The molecule has 2 nitrogen and oxygen atoms in total. The van der Waals surface area contributed by atoms with Crippen molar-refractivity contribution in [1.29, 1.82) is 0 Å². The third kappa shape index (κ3) is 4.55. The number of hydrogen-bond donors (Lipinski definition) is 1. The van der Waals surface area contributed by atoms with E-state index in [9.17, 15) is 0 Å². The molecule has 0 saturated carbocycles. The van der Waals surface area contributed by atoms with E-state index in [-0.39, 0.29) is 11.2 Å². The maximum Gasteiger partial charge on any atom is 0.0677 e. The van der Waals surface area contributed by atoms with Crippen LogP contribution < -0.4 is 5.73 Å². The smallest absolute Gasteiger partial charge is 0.0677 e. The highest BCUT2D eigenvalue weighted by Gasteiger charge is 2.47. The fraction of sp³-hybridized carbons (Fsp3) is 1.00. The quantitative estimate of drug-likeness (QED) is 0.690. The number of nitrogens with two attached hydrogens (primary N) is 1. The Morgan fingerprint density at radius 3 is 2.22 bits per heavy atom. The van der Waals surface area contributed by atoms with Crippen LogP contribution in [0.15, 0.2) is 0 Å². The largest absolute Gasteiger partial charge is 0.369 e. The van der Waals surface area contributed by atoms with E-state index >= 15 is 0 Å². The molecule has 0 amide bonds. The Morgan fingerprint density at radius 2 is 1.72 bits per heavy atom. The third-order valence-electron chi connectivity index (χ3n) is 4.30. The van der Waals surface area contributed by atoms with Crippen molar-refractivity contribution in [2.24, 2.45) is 11.7 Å².